The van der Waals surface area contributed by atoms with Gasteiger partial charge in [-0.15, -0.1) is 5.75 Å². The van der Waals surface area contributed by atoms with Crippen molar-refractivity contribution < 1.29 is 19.8 Å². The number of carbonyl (C=O) groups is 2. The molecule has 5 nitrogen and oxygen atoms in total. The highest BCUT2D eigenvalue weighted by atomic mass is 35.5. The van der Waals surface area contributed by atoms with Crippen molar-refractivity contribution in [3.8, 4) is 5.75 Å². The molecule has 0 bridgehead atoms. The monoisotopic (exact) mass is 290 g/mol. The van der Waals surface area contributed by atoms with Gasteiger partial charge in [-0.3, -0.25) is 4.79 Å². The standard InChI is InChI=1S/C14H10ClNO4/c15-11-4-2-1-3-9(11)13(18)16-12-6-5-8(17)7-10(12)14(19)20/h1-7,17H,(H,16,18)(H,19,20)/p-1. The smallest absolute Gasteiger partial charge is 0.337 e. The number of hydrogen-bond acceptors (Lipinski definition) is 3. The van der Waals surface area contributed by atoms with Crippen LogP contribution >= 0.6 is 11.6 Å². The first-order valence-electron chi connectivity index (χ1n) is 5.59. The Kier molecular flexibility index (Phi) is 3.91. The summed E-state index contributed by atoms with van der Waals surface area (Å²) in [6.45, 7) is 0. The number of halogens is 1. The fraction of sp³-hybridized carbons (Fsp3) is 0. The molecule has 0 aromatic heterocycles. The lowest BCUT2D eigenvalue weighted by molar-refractivity contribution is -0.268. The molecule has 6 heteroatoms. The van der Waals surface area contributed by atoms with E-state index in [2.05, 4.69) is 5.32 Å². The number of amides is 1. The minimum Gasteiger partial charge on any atom is -0.872 e. The quantitative estimate of drug-likeness (QED) is 0.908. The molecule has 0 aliphatic rings. The highest BCUT2D eigenvalue weighted by molar-refractivity contribution is 6.34. The number of carbonyl (C=O) groups excluding carboxylic acids is 1. The molecule has 2 rings (SSSR count). The molecule has 0 saturated carbocycles. The van der Waals surface area contributed by atoms with Gasteiger partial charge in [-0.05, 0) is 18.2 Å². The van der Waals surface area contributed by atoms with Crippen LogP contribution in [0.4, 0.5) is 5.69 Å². The minimum atomic E-state index is -1.29. The zero-order valence-electron chi connectivity index (χ0n) is 10.1. The normalized spacial score (nSPS) is 10.1. The molecule has 20 heavy (non-hydrogen) atoms. The van der Waals surface area contributed by atoms with E-state index >= 15 is 0 Å². The summed E-state index contributed by atoms with van der Waals surface area (Å²) in [7, 11) is 0. The molecule has 0 saturated heterocycles. The Bertz CT molecular complexity index is 685. The van der Waals surface area contributed by atoms with Crippen molar-refractivity contribution in [2.24, 2.45) is 0 Å². The second kappa shape index (κ2) is 5.63. The van der Waals surface area contributed by atoms with Crippen LogP contribution in [-0.2, 0) is 0 Å². The Morgan fingerprint density at radius 3 is 2.45 bits per heavy atom. The maximum Gasteiger partial charge on any atom is 0.337 e. The molecule has 0 aliphatic heterocycles. The summed E-state index contributed by atoms with van der Waals surface area (Å²) in [6, 6.07) is 9.75. The van der Waals surface area contributed by atoms with Crippen LogP contribution in [0.25, 0.3) is 0 Å². The molecule has 2 aromatic carbocycles. The molecular formula is C14H9ClNO4-. The van der Waals surface area contributed by atoms with Crippen LogP contribution in [0.3, 0.4) is 0 Å². The van der Waals surface area contributed by atoms with Crippen LogP contribution in [0.15, 0.2) is 42.5 Å². The van der Waals surface area contributed by atoms with E-state index in [-0.39, 0.29) is 21.8 Å². The highest BCUT2D eigenvalue weighted by Gasteiger charge is 2.14. The number of nitrogens with one attached hydrogen (secondary N) is 1. The fourth-order valence-corrected chi connectivity index (χ4v) is 1.87. The Balaban J connectivity index is 2.33. The van der Waals surface area contributed by atoms with Gasteiger partial charge in [0.15, 0.2) is 0 Å². The van der Waals surface area contributed by atoms with E-state index in [4.69, 9.17) is 16.7 Å². The van der Waals surface area contributed by atoms with Crippen molar-refractivity contribution in [2.45, 2.75) is 0 Å². The maximum absolute atomic E-state index is 12.0. The number of anilines is 1. The van der Waals surface area contributed by atoms with Crippen molar-refractivity contribution in [3.05, 3.63) is 58.6 Å². The molecule has 0 fully saturated rings. The van der Waals surface area contributed by atoms with Gasteiger partial charge >= 0.3 is 5.97 Å². The largest absolute Gasteiger partial charge is 0.872 e. The molecule has 0 aliphatic carbocycles. The number of hydrogen-bond donors (Lipinski definition) is 2. The topological polar surface area (TPSA) is 89.5 Å². The third-order valence-electron chi connectivity index (χ3n) is 2.59. The second-order valence-electron chi connectivity index (χ2n) is 3.95. The lowest BCUT2D eigenvalue weighted by Gasteiger charge is -2.12. The first-order valence-corrected chi connectivity index (χ1v) is 5.97. The van der Waals surface area contributed by atoms with E-state index in [0.717, 1.165) is 6.07 Å². The summed E-state index contributed by atoms with van der Waals surface area (Å²) in [4.78, 5) is 23.1. The molecule has 0 unspecified atom stereocenters. The van der Waals surface area contributed by atoms with E-state index in [1.54, 1.807) is 18.2 Å². The van der Waals surface area contributed by atoms with Gasteiger partial charge in [-0.25, -0.2) is 4.79 Å². The Labute approximate surface area is 119 Å². The molecule has 0 heterocycles. The summed E-state index contributed by atoms with van der Waals surface area (Å²) in [5.41, 5.74) is -0.00312. The van der Waals surface area contributed by atoms with Gasteiger partial charge in [0.05, 0.1) is 21.8 Å². The maximum atomic E-state index is 12.0. The van der Waals surface area contributed by atoms with Crippen LogP contribution in [0.2, 0.25) is 5.02 Å². The van der Waals surface area contributed by atoms with Crippen LogP contribution in [0.1, 0.15) is 20.7 Å². The Morgan fingerprint density at radius 2 is 1.80 bits per heavy atom. The molecule has 102 valence electrons. The van der Waals surface area contributed by atoms with Crippen LogP contribution in [-0.4, -0.2) is 17.0 Å². The SMILES string of the molecule is O=C(Nc1ccc([O-])cc1C(=O)O)c1ccccc1Cl. The fourth-order valence-electron chi connectivity index (χ4n) is 1.64. The second-order valence-corrected chi connectivity index (χ2v) is 4.35. The van der Waals surface area contributed by atoms with Crippen molar-refractivity contribution in [1.82, 2.24) is 0 Å². The predicted octanol–water partition coefficient (Wildman–Crippen LogP) is 2.36. The molecule has 0 atom stereocenters. The number of carboxylic acid groups (broad SMARTS) is 1. The van der Waals surface area contributed by atoms with Gasteiger partial charge in [0.2, 0.25) is 0 Å². The van der Waals surface area contributed by atoms with Crippen LogP contribution in [0.5, 0.6) is 5.75 Å². The van der Waals surface area contributed by atoms with E-state index in [1.807, 2.05) is 0 Å². The molecule has 0 spiro atoms. The average Bonchev–Trinajstić information content (AvgIpc) is 2.41. The van der Waals surface area contributed by atoms with Crippen molar-refractivity contribution in [3.63, 3.8) is 0 Å². The lowest BCUT2D eigenvalue weighted by Crippen LogP contribution is -2.15. The number of aromatic carboxylic acids is 1. The number of benzene rings is 2. The van der Waals surface area contributed by atoms with Crippen molar-refractivity contribution >= 4 is 29.2 Å². The molecular weight excluding hydrogens is 282 g/mol. The van der Waals surface area contributed by atoms with Gasteiger partial charge in [0, 0.05) is 0 Å². The van der Waals surface area contributed by atoms with E-state index < -0.39 is 17.6 Å². The highest BCUT2D eigenvalue weighted by Crippen LogP contribution is 2.22. The summed E-state index contributed by atoms with van der Waals surface area (Å²) in [5.74, 6) is -2.29. The zero-order chi connectivity index (χ0) is 14.7. The van der Waals surface area contributed by atoms with Crippen molar-refractivity contribution in [1.29, 1.82) is 0 Å². The molecule has 1 amide bonds. The van der Waals surface area contributed by atoms with Crippen molar-refractivity contribution in [2.75, 3.05) is 5.32 Å². The Hall–Kier alpha value is -2.53. The first-order chi connectivity index (χ1) is 9.49. The summed E-state index contributed by atoms with van der Waals surface area (Å²) < 4.78 is 0. The lowest BCUT2D eigenvalue weighted by atomic mass is 10.1. The minimum absolute atomic E-state index is 0.0435. The van der Waals surface area contributed by atoms with Gasteiger partial charge < -0.3 is 15.5 Å². The van der Waals surface area contributed by atoms with Crippen LogP contribution < -0.4 is 10.4 Å². The summed E-state index contributed by atoms with van der Waals surface area (Å²) in [5, 5.41) is 22.9. The predicted molar refractivity (Wildman–Crippen MR) is 72.3 cm³/mol. The molecule has 2 aromatic rings. The zero-order valence-corrected chi connectivity index (χ0v) is 10.8. The first kappa shape index (κ1) is 13.9. The van der Waals surface area contributed by atoms with Gasteiger partial charge in [-0.1, -0.05) is 35.9 Å². The van der Waals surface area contributed by atoms with Crippen LogP contribution in [0, 0.1) is 0 Å². The van der Waals surface area contributed by atoms with E-state index in [9.17, 15) is 14.7 Å². The Morgan fingerprint density at radius 1 is 1.10 bits per heavy atom. The number of carboxylic acids is 1. The van der Waals surface area contributed by atoms with E-state index in [0.29, 0.717) is 0 Å². The third kappa shape index (κ3) is 2.89. The van der Waals surface area contributed by atoms with Gasteiger partial charge in [0.25, 0.3) is 5.91 Å². The van der Waals surface area contributed by atoms with Gasteiger partial charge in [0.1, 0.15) is 0 Å². The van der Waals surface area contributed by atoms with E-state index in [1.165, 1.54) is 18.2 Å². The molecule has 2 N–H and O–H groups in total. The average molecular weight is 291 g/mol. The van der Waals surface area contributed by atoms with Gasteiger partial charge in [-0.2, -0.15) is 0 Å². The summed E-state index contributed by atoms with van der Waals surface area (Å²) >= 11 is 5.89. The molecule has 0 radical (unpaired) electrons. The summed E-state index contributed by atoms with van der Waals surface area (Å²) in [6.07, 6.45) is 0. The number of rotatable bonds is 3. The third-order valence-corrected chi connectivity index (χ3v) is 2.92.